The van der Waals surface area contributed by atoms with Crippen molar-refractivity contribution in [3.63, 3.8) is 0 Å². The lowest BCUT2D eigenvalue weighted by Gasteiger charge is -2.17. The Morgan fingerprint density at radius 3 is 2.53 bits per heavy atom. The Bertz CT molecular complexity index is 979. The number of ether oxygens (including phenoxy) is 3. The SMILES string of the molecule is COc1cncc(OC2CCN(C(=O)COc3ccc(-c4ccccc4)cc3)C2)n1. The summed E-state index contributed by atoms with van der Waals surface area (Å²) in [5.41, 5.74) is 2.25. The monoisotopic (exact) mass is 405 g/mol. The first-order chi connectivity index (χ1) is 14.7. The predicted octanol–water partition coefficient (Wildman–Crippen LogP) is 3.21. The van der Waals surface area contributed by atoms with E-state index >= 15 is 0 Å². The van der Waals surface area contributed by atoms with Crippen LogP contribution >= 0.6 is 0 Å². The minimum absolute atomic E-state index is 0.00360. The van der Waals surface area contributed by atoms with Gasteiger partial charge in [-0.15, -0.1) is 0 Å². The molecule has 0 radical (unpaired) electrons. The Hall–Kier alpha value is -3.61. The fraction of sp³-hybridized carbons (Fsp3) is 0.261. The number of hydrogen-bond donors (Lipinski definition) is 0. The molecule has 1 saturated heterocycles. The van der Waals surface area contributed by atoms with Gasteiger partial charge in [0.2, 0.25) is 11.8 Å². The normalized spacial score (nSPS) is 15.6. The molecule has 1 fully saturated rings. The third-order valence-corrected chi connectivity index (χ3v) is 4.91. The summed E-state index contributed by atoms with van der Waals surface area (Å²) in [7, 11) is 1.53. The maximum absolute atomic E-state index is 12.5. The van der Waals surface area contributed by atoms with Gasteiger partial charge in [0.25, 0.3) is 5.91 Å². The summed E-state index contributed by atoms with van der Waals surface area (Å²) in [5, 5.41) is 0. The summed E-state index contributed by atoms with van der Waals surface area (Å²) in [6.45, 7) is 1.11. The molecule has 7 nitrogen and oxygen atoms in total. The number of hydrogen-bond acceptors (Lipinski definition) is 6. The van der Waals surface area contributed by atoms with Gasteiger partial charge in [-0.05, 0) is 23.3 Å². The second kappa shape index (κ2) is 9.26. The van der Waals surface area contributed by atoms with Gasteiger partial charge in [-0.2, -0.15) is 4.98 Å². The molecule has 0 saturated carbocycles. The van der Waals surface area contributed by atoms with Crippen molar-refractivity contribution < 1.29 is 19.0 Å². The minimum atomic E-state index is -0.125. The zero-order valence-electron chi connectivity index (χ0n) is 16.7. The maximum Gasteiger partial charge on any atom is 0.260 e. The van der Waals surface area contributed by atoms with Gasteiger partial charge in [-0.25, -0.2) is 0 Å². The Kier molecular flexibility index (Phi) is 6.08. The number of aromatic nitrogens is 2. The van der Waals surface area contributed by atoms with Crippen LogP contribution in [0.2, 0.25) is 0 Å². The van der Waals surface area contributed by atoms with Gasteiger partial charge in [-0.1, -0.05) is 42.5 Å². The Morgan fingerprint density at radius 2 is 1.77 bits per heavy atom. The van der Waals surface area contributed by atoms with Crippen molar-refractivity contribution in [1.82, 2.24) is 14.9 Å². The zero-order valence-corrected chi connectivity index (χ0v) is 16.7. The quantitative estimate of drug-likeness (QED) is 0.601. The van der Waals surface area contributed by atoms with E-state index in [1.807, 2.05) is 42.5 Å². The lowest BCUT2D eigenvalue weighted by molar-refractivity contribution is -0.132. The van der Waals surface area contributed by atoms with E-state index in [2.05, 4.69) is 22.1 Å². The second-order valence-corrected chi connectivity index (χ2v) is 6.95. The van der Waals surface area contributed by atoms with Crippen LogP contribution in [0.15, 0.2) is 67.0 Å². The molecule has 1 aliphatic rings. The topological polar surface area (TPSA) is 73.8 Å². The van der Waals surface area contributed by atoms with E-state index in [-0.39, 0.29) is 18.6 Å². The second-order valence-electron chi connectivity index (χ2n) is 6.95. The van der Waals surface area contributed by atoms with Gasteiger partial charge in [0.1, 0.15) is 11.9 Å². The van der Waals surface area contributed by atoms with Gasteiger partial charge in [0, 0.05) is 13.0 Å². The third-order valence-electron chi connectivity index (χ3n) is 4.91. The molecular weight excluding hydrogens is 382 g/mol. The molecule has 0 N–H and O–H groups in total. The van der Waals surface area contributed by atoms with Crippen molar-refractivity contribution in [1.29, 1.82) is 0 Å². The molecule has 3 aromatic rings. The first-order valence-corrected chi connectivity index (χ1v) is 9.80. The van der Waals surface area contributed by atoms with Crippen molar-refractivity contribution in [3.8, 4) is 28.6 Å². The van der Waals surface area contributed by atoms with Gasteiger partial charge in [0.15, 0.2) is 6.61 Å². The average Bonchev–Trinajstić information content (AvgIpc) is 3.27. The van der Waals surface area contributed by atoms with E-state index < -0.39 is 0 Å². The van der Waals surface area contributed by atoms with E-state index in [0.29, 0.717) is 30.6 Å². The molecule has 0 spiro atoms. The summed E-state index contributed by atoms with van der Waals surface area (Å²) < 4.78 is 16.6. The Balaban J connectivity index is 1.26. The summed E-state index contributed by atoms with van der Waals surface area (Å²) in [4.78, 5) is 22.5. The lowest BCUT2D eigenvalue weighted by atomic mass is 10.1. The summed E-state index contributed by atoms with van der Waals surface area (Å²) in [6.07, 6.45) is 3.66. The first kappa shape index (κ1) is 19.7. The Labute approximate surface area is 175 Å². The fourth-order valence-corrected chi connectivity index (χ4v) is 3.32. The summed E-state index contributed by atoms with van der Waals surface area (Å²) in [6, 6.07) is 17.9. The van der Waals surface area contributed by atoms with Gasteiger partial charge in [0.05, 0.1) is 26.0 Å². The number of carbonyl (C=O) groups excluding carboxylic acids is 1. The van der Waals surface area contributed by atoms with Gasteiger partial charge >= 0.3 is 0 Å². The van der Waals surface area contributed by atoms with Crippen LogP contribution < -0.4 is 14.2 Å². The highest BCUT2D eigenvalue weighted by molar-refractivity contribution is 5.78. The molecule has 2 heterocycles. The largest absolute Gasteiger partial charge is 0.484 e. The molecule has 1 aromatic heterocycles. The molecule has 1 atom stereocenters. The predicted molar refractivity (Wildman–Crippen MR) is 112 cm³/mol. The molecule has 1 aliphatic heterocycles. The van der Waals surface area contributed by atoms with Crippen LogP contribution in [0, 0.1) is 0 Å². The van der Waals surface area contributed by atoms with E-state index in [0.717, 1.165) is 17.5 Å². The van der Waals surface area contributed by atoms with Crippen LogP contribution in [-0.4, -0.2) is 53.7 Å². The Morgan fingerprint density at radius 1 is 1.03 bits per heavy atom. The van der Waals surface area contributed by atoms with Crippen LogP contribution in [0.1, 0.15) is 6.42 Å². The van der Waals surface area contributed by atoms with Crippen LogP contribution in [0.5, 0.6) is 17.5 Å². The van der Waals surface area contributed by atoms with E-state index in [1.54, 1.807) is 4.90 Å². The van der Waals surface area contributed by atoms with E-state index in [1.165, 1.54) is 19.5 Å². The highest BCUT2D eigenvalue weighted by Crippen LogP contribution is 2.22. The molecule has 0 aliphatic carbocycles. The van der Waals surface area contributed by atoms with Gasteiger partial charge in [-0.3, -0.25) is 9.78 Å². The van der Waals surface area contributed by atoms with Crippen molar-refractivity contribution in [2.75, 3.05) is 26.8 Å². The molecular formula is C23H23N3O4. The van der Waals surface area contributed by atoms with Crippen molar-refractivity contribution in [2.24, 2.45) is 0 Å². The van der Waals surface area contributed by atoms with Crippen molar-refractivity contribution in [3.05, 3.63) is 67.0 Å². The number of likely N-dealkylation sites (tertiary alicyclic amines) is 1. The van der Waals surface area contributed by atoms with E-state index in [9.17, 15) is 4.79 Å². The standard InChI is InChI=1S/C23H23N3O4/c1-28-21-13-24-14-22(25-21)30-20-11-12-26(15-20)23(27)16-29-19-9-7-18(8-10-19)17-5-3-2-4-6-17/h2-10,13-14,20H,11-12,15-16H2,1H3. The van der Waals surface area contributed by atoms with Crippen LogP contribution in [-0.2, 0) is 4.79 Å². The van der Waals surface area contributed by atoms with Gasteiger partial charge < -0.3 is 19.1 Å². The zero-order chi connectivity index (χ0) is 20.8. The highest BCUT2D eigenvalue weighted by atomic mass is 16.5. The molecule has 30 heavy (non-hydrogen) atoms. The summed E-state index contributed by atoms with van der Waals surface area (Å²) >= 11 is 0. The van der Waals surface area contributed by atoms with Crippen molar-refractivity contribution >= 4 is 5.91 Å². The number of amides is 1. The number of benzene rings is 2. The summed E-state index contributed by atoms with van der Waals surface area (Å²) in [5.74, 6) is 1.39. The molecule has 7 heteroatoms. The molecule has 154 valence electrons. The van der Waals surface area contributed by atoms with E-state index in [4.69, 9.17) is 14.2 Å². The molecule has 2 aromatic carbocycles. The lowest BCUT2D eigenvalue weighted by Crippen LogP contribution is -2.34. The van der Waals surface area contributed by atoms with Crippen LogP contribution in [0.25, 0.3) is 11.1 Å². The minimum Gasteiger partial charge on any atom is -0.484 e. The smallest absolute Gasteiger partial charge is 0.260 e. The third kappa shape index (κ3) is 4.86. The number of nitrogens with zero attached hydrogens (tertiary/aromatic N) is 3. The molecule has 1 amide bonds. The highest BCUT2D eigenvalue weighted by Gasteiger charge is 2.28. The van der Waals surface area contributed by atoms with Crippen LogP contribution in [0.3, 0.4) is 0 Å². The first-order valence-electron chi connectivity index (χ1n) is 9.80. The fourth-order valence-electron chi connectivity index (χ4n) is 3.32. The molecule has 1 unspecified atom stereocenters. The molecule has 4 rings (SSSR count). The maximum atomic E-state index is 12.5. The van der Waals surface area contributed by atoms with Crippen LogP contribution in [0.4, 0.5) is 0 Å². The van der Waals surface area contributed by atoms with Crippen molar-refractivity contribution in [2.45, 2.75) is 12.5 Å². The number of rotatable bonds is 7. The molecule has 0 bridgehead atoms. The number of methoxy groups -OCH3 is 1. The average molecular weight is 405 g/mol. The number of carbonyl (C=O) groups is 1.